The van der Waals surface area contributed by atoms with E-state index in [4.69, 9.17) is 0 Å². The molecule has 2 rings (SSSR count). The van der Waals surface area contributed by atoms with Gasteiger partial charge in [0.1, 0.15) is 0 Å². The summed E-state index contributed by atoms with van der Waals surface area (Å²) in [6, 6.07) is 0.411. The van der Waals surface area contributed by atoms with Gasteiger partial charge in [0.05, 0.1) is 11.0 Å². The third kappa shape index (κ3) is 3.66. The van der Waals surface area contributed by atoms with Gasteiger partial charge in [-0.15, -0.1) is 11.3 Å². The van der Waals surface area contributed by atoms with Gasteiger partial charge in [0, 0.05) is 11.1 Å². The normalized spacial score (nSPS) is 18.2. The maximum Gasteiger partial charge on any atom is 0.0897 e. The highest BCUT2D eigenvalue weighted by Gasteiger charge is 2.18. The molecule has 0 radical (unpaired) electrons. The van der Waals surface area contributed by atoms with Crippen LogP contribution < -0.4 is 5.32 Å². The van der Waals surface area contributed by atoms with Crippen molar-refractivity contribution in [3.63, 3.8) is 0 Å². The van der Waals surface area contributed by atoms with Crippen molar-refractivity contribution in [3.05, 3.63) is 27.7 Å². The third-order valence-corrected chi connectivity index (χ3v) is 4.45. The minimum absolute atomic E-state index is 0.411. The Morgan fingerprint density at radius 1 is 1.39 bits per heavy atom. The van der Waals surface area contributed by atoms with E-state index in [9.17, 15) is 0 Å². The van der Waals surface area contributed by atoms with Crippen molar-refractivity contribution >= 4 is 11.3 Å². The Morgan fingerprint density at radius 2 is 2.28 bits per heavy atom. The first-order valence-electron chi connectivity index (χ1n) is 7.16. The van der Waals surface area contributed by atoms with E-state index in [0.717, 1.165) is 6.54 Å². The van der Waals surface area contributed by atoms with E-state index < -0.39 is 0 Å². The Labute approximate surface area is 115 Å². The summed E-state index contributed by atoms with van der Waals surface area (Å²) in [5.74, 6) is 0. The number of aryl methyl sites for hydroxylation is 1. The summed E-state index contributed by atoms with van der Waals surface area (Å²) in [6.07, 6.45) is 12.3. The largest absolute Gasteiger partial charge is 0.306 e. The molecule has 3 heteroatoms. The smallest absolute Gasteiger partial charge is 0.0897 e. The van der Waals surface area contributed by atoms with Gasteiger partial charge in [0.25, 0.3) is 0 Å². The number of nitrogens with zero attached hydrogens (tertiary/aromatic N) is 1. The minimum atomic E-state index is 0.411. The van der Waals surface area contributed by atoms with E-state index in [1.54, 1.807) is 5.57 Å². The van der Waals surface area contributed by atoms with Crippen molar-refractivity contribution < 1.29 is 0 Å². The fourth-order valence-electron chi connectivity index (χ4n) is 2.52. The first-order chi connectivity index (χ1) is 8.81. The maximum absolute atomic E-state index is 4.42. The molecule has 1 heterocycles. The molecule has 0 saturated heterocycles. The van der Waals surface area contributed by atoms with Crippen LogP contribution >= 0.6 is 11.3 Å². The molecule has 0 aromatic carbocycles. The Balaban J connectivity index is 2.15. The summed E-state index contributed by atoms with van der Waals surface area (Å²) >= 11 is 1.83. The SMILES string of the molecule is CCCNC(C1=CCCCCC1)c1cnc(C)s1. The van der Waals surface area contributed by atoms with Crippen molar-refractivity contribution in [1.82, 2.24) is 10.3 Å². The van der Waals surface area contributed by atoms with Gasteiger partial charge in [-0.1, -0.05) is 25.0 Å². The molecule has 100 valence electrons. The molecule has 1 aliphatic rings. The van der Waals surface area contributed by atoms with Gasteiger partial charge in [0.15, 0.2) is 0 Å². The van der Waals surface area contributed by atoms with Crippen LogP contribution in [0.2, 0.25) is 0 Å². The van der Waals surface area contributed by atoms with E-state index in [-0.39, 0.29) is 0 Å². The number of aromatic nitrogens is 1. The van der Waals surface area contributed by atoms with Crippen LogP contribution in [0.4, 0.5) is 0 Å². The maximum atomic E-state index is 4.42. The molecule has 1 atom stereocenters. The molecule has 2 nitrogen and oxygen atoms in total. The van der Waals surface area contributed by atoms with Crippen LogP contribution in [0.1, 0.15) is 61.4 Å². The lowest BCUT2D eigenvalue weighted by atomic mass is 10.0. The van der Waals surface area contributed by atoms with Crippen molar-refractivity contribution in [3.8, 4) is 0 Å². The predicted molar refractivity (Wildman–Crippen MR) is 79.1 cm³/mol. The molecule has 1 aliphatic carbocycles. The topological polar surface area (TPSA) is 24.9 Å². The fourth-order valence-corrected chi connectivity index (χ4v) is 3.42. The molecule has 0 bridgehead atoms. The Kier molecular flexibility index (Phi) is 5.39. The second kappa shape index (κ2) is 7.05. The zero-order valence-electron chi connectivity index (χ0n) is 11.5. The van der Waals surface area contributed by atoms with E-state index in [0.29, 0.717) is 6.04 Å². The molecule has 1 unspecified atom stereocenters. The zero-order chi connectivity index (χ0) is 12.8. The predicted octanol–water partition coefficient (Wildman–Crippen LogP) is 4.38. The van der Waals surface area contributed by atoms with Crippen LogP contribution in [0.15, 0.2) is 17.8 Å². The quantitative estimate of drug-likeness (QED) is 0.798. The molecule has 1 aromatic heterocycles. The van der Waals surface area contributed by atoms with E-state index >= 15 is 0 Å². The average Bonchev–Trinajstić information content (AvgIpc) is 2.65. The molecular formula is C15H24N2S. The molecule has 18 heavy (non-hydrogen) atoms. The van der Waals surface area contributed by atoms with Crippen LogP contribution in [-0.4, -0.2) is 11.5 Å². The summed E-state index contributed by atoms with van der Waals surface area (Å²) in [7, 11) is 0. The Hall–Kier alpha value is -0.670. The fraction of sp³-hybridized carbons (Fsp3) is 0.667. The summed E-state index contributed by atoms with van der Waals surface area (Å²) in [5.41, 5.74) is 1.59. The molecule has 0 amide bonds. The van der Waals surface area contributed by atoms with Gasteiger partial charge in [-0.05, 0) is 45.6 Å². The van der Waals surface area contributed by atoms with Crippen molar-refractivity contribution in [2.45, 2.75) is 58.4 Å². The lowest BCUT2D eigenvalue weighted by molar-refractivity contribution is 0.573. The van der Waals surface area contributed by atoms with Crippen LogP contribution in [0.5, 0.6) is 0 Å². The Morgan fingerprint density at radius 3 is 3.00 bits per heavy atom. The van der Waals surface area contributed by atoms with Gasteiger partial charge >= 0.3 is 0 Å². The molecule has 0 saturated carbocycles. The van der Waals surface area contributed by atoms with E-state index in [1.165, 1.54) is 48.4 Å². The molecular weight excluding hydrogens is 240 g/mol. The average molecular weight is 264 g/mol. The molecule has 0 aliphatic heterocycles. The number of hydrogen-bond donors (Lipinski definition) is 1. The number of allylic oxidation sites excluding steroid dienone is 1. The summed E-state index contributed by atoms with van der Waals surface area (Å²) in [4.78, 5) is 5.80. The molecule has 0 fully saturated rings. The Bertz CT molecular complexity index is 395. The summed E-state index contributed by atoms with van der Waals surface area (Å²) < 4.78 is 0. The molecule has 0 spiro atoms. The molecule has 1 N–H and O–H groups in total. The minimum Gasteiger partial charge on any atom is -0.306 e. The van der Waals surface area contributed by atoms with E-state index in [2.05, 4.69) is 36.4 Å². The number of rotatable bonds is 5. The van der Waals surface area contributed by atoms with Crippen molar-refractivity contribution in [2.24, 2.45) is 0 Å². The van der Waals surface area contributed by atoms with Crippen LogP contribution in [0.3, 0.4) is 0 Å². The lowest BCUT2D eigenvalue weighted by Gasteiger charge is -2.20. The highest BCUT2D eigenvalue weighted by Crippen LogP contribution is 2.32. The standard InChI is InChI=1S/C15H24N2S/c1-3-10-16-15(14-11-17-12(2)18-14)13-8-6-4-5-7-9-13/h8,11,15-16H,3-7,9-10H2,1-2H3. The number of thiazole rings is 1. The monoisotopic (exact) mass is 264 g/mol. The van der Waals surface area contributed by atoms with Crippen LogP contribution in [0.25, 0.3) is 0 Å². The number of hydrogen-bond acceptors (Lipinski definition) is 3. The van der Waals surface area contributed by atoms with Gasteiger partial charge in [0.2, 0.25) is 0 Å². The lowest BCUT2D eigenvalue weighted by Crippen LogP contribution is -2.23. The van der Waals surface area contributed by atoms with E-state index in [1.807, 2.05) is 11.3 Å². The van der Waals surface area contributed by atoms with Gasteiger partial charge in [-0.3, -0.25) is 0 Å². The zero-order valence-corrected chi connectivity index (χ0v) is 12.4. The second-order valence-corrected chi connectivity index (χ2v) is 6.31. The summed E-state index contributed by atoms with van der Waals surface area (Å²) in [6.45, 7) is 5.40. The van der Waals surface area contributed by atoms with Gasteiger partial charge in [-0.2, -0.15) is 0 Å². The first kappa shape index (κ1) is 13.8. The third-order valence-electron chi connectivity index (χ3n) is 3.47. The first-order valence-corrected chi connectivity index (χ1v) is 7.97. The van der Waals surface area contributed by atoms with Gasteiger partial charge < -0.3 is 5.32 Å². The van der Waals surface area contributed by atoms with Gasteiger partial charge in [-0.25, -0.2) is 4.98 Å². The van der Waals surface area contributed by atoms with Crippen molar-refractivity contribution in [2.75, 3.05) is 6.54 Å². The molecule has 1 aromatic rings. The van der Waals surface area contributed by atoms with Crippen LogP contribution in [0, 0.1) is 6.92 Å². The highest BCUT2D eigenvalue weighted by atomic mass is 32.1. The second-order valence-electron chi connectivity index (χ2n) is 5.05. The number of nitrogens with one attached hydrogen (secondary N) is 1. The summed E-state index contributed by atoms with van der Waals surface area (Å²) in [5, 5.41) is 4.87. The highest BCUT2D eigenvalue weighted by molar-refractivity contribution is 7.11. The van der Waals surface area contributed by atoms with Crippen LogP contribution in [-0.2, 0) is 0 Å². The van der Waals surface area contributed by atoms with Crippen molar-refractivity contribution in [1.29, 1.82) is 0 Å².